The van der Waals surface area contributed by atoms with Gasteiger partial charge in [0.05, 0.1) is 30.7 Å². The summed E-state index contributed by atoms with van der Waals surface area (Å²) >= 11 is 0. The number of aliphatic hydroxyl groups is 1. The van der Waals surface area contributed by atoms with E-state index in [4.69, 9.17) is 17.2 Å². The third-order valence-corrected chi connectivity index (χ3v) is 23.2. The molecule has 123 heavy (non-hydrogen) atoms. The summed E-state index contributed by atoms with van der Waals surface area (Å²) in [4.78, 5) is 230. The molecule has 3 aliphatic heterocycles. The first kappa shape index (κ1) is 97.1. The van der Waals surface area contributed by atoms with E-state index in [0.29, 0.717) is 53.3 Å². The number of benzene rings is 3. The van der Waals surface area contributed by atoms with Gasteiger partial charge in [-0.15, -0.1) is 0 Å². The molecule has 20 N–H and O–H groups in total. The van der Waals surface area contributed by atoms with Crippen LogP contribution in [0.4, 0.5) is 0 Å². The smallest absolute Gasteiger partial charge is 0.246 e. The van der Waals surface area contributed by atoms with Crippen LogP contribution >= 0.6 is 0 Å². The number of rotatable bonds is 21. The number of nitrogens with one attached hydrogen (secondary N) is 12. The monoisotopic (exact) mass is 1710 g/mol. The molecule has 14 amide bonds. The number of carbonyl (C=O) groups excluding carboxylic acids is 15. The second kappa shape index (κ2) is 46.2. The Morgan fingerprint density at radius 1 is 0.520 bits per heavy atom. The Morgan fingerprint density at radius 2 is 1.04 bits per heavy atom. The molecular weight excluding hydrogens is 1580 g/mol. The van der Waals surface area contributed by atoms with Crippen LogP contribution in [0.25, 0.3) is 21.8 Å². The fourth-order valence-corrected chi connectivity index (χ4v) is 16.1. The van der Waals surface area contributed by atoms with Crippen LogP contribution < -0.4 is 70.4 Å². The first-order chi connectivity index (χ1) is 58.6. The number of aromatic amines is 2. The average Bonchev–Trinajstić information content (AvgIpc) is 1.73. The number of aliphatic hydroxyl groups excluding tert-OH is 1. The number of amides is 14. The van der Waals surface area contributed by atoms with Crippen LogP contribution in [-0.2, 0) is 91.2 Å². The molecule has 8 rings (SSSR count). The molecule has 3 aliphatic rings. The fourth-order valence-electron chi connectivity index (χ4n) is 16.1. The van der Waals surface area contributed by atoms with Crippen molar-refractivity contribution in [2.75, 3.05) is 47.3 Å². The summed E-state index contributed by atoms with van der Waals surface area (Å²) in [6.45, 7) is 11.7. The molecule has 0 saturated carbocycles. The number of nitrogens with two attached hydrogens (primary N) is 3. The van der Waals surface area contributed by atoms with E-state index in [2.05, 4.69) is 63.1 Å². The number of para-hydroxylation sites is 2. The molecule has 0 aliphatic carbocycles. The van der Waals surface area contributed by atoms with Gasteiger partial charge in [0.25, 0.3) is 0 Å². The van der Waals surface area contributed by atoms with Gasteiger partial charge in [-0.3, -0.25) is 77.2 Å². The van der Waals surface area contributed by atoms with Crippen LogP contribution in [0.5, 0.6) is 5.75 Å². The first-order valence-electron chi connectivity index (χ1n) is 42.9. The van der Waals surface area contributed by atoms with Crippen molar-refractivity contribution in [2.45, 2.75) is 261 Å². The topological polar surface area (TPSA) is 539 Å². The molecule has 5 aromatic rings. The van der Waals surface area contributed by atoms with Crippen molar-refractivity contribution in [3.05, 3.63) is 102 Å². The number of nitrogens with zero attached hydrogens (tertiary/aromatic N) is 4. The summed E-state index contributed by atoms with van der Waals surface area (Å²) in [5.74, 6) is -12.3. The molecule has 672 valence electrons. The van der Waals surface area contributed by atoms with E-state index in [-0.39, 0.29) is 127 Å². The van der Waals surface area contributed by atoms with E-state index < -0.39 is 192 Å². The number of aromatic nitrogens is 2. The lowest BCUT2D eigenvalue weighted by Gasteiger charge is -2.36. The number of carbonyl (C=O) groups is 15. The summed E-state index contributed by atoms with van der Waals surface area (Å²) in [5.41, 5.74) is 21.2. The second-order valence-electron chi connectivity index (χ2n) is 33.5. The molecule has 3 aromatic carbocycles. The summed E-state index contributed by atoms with van der Waals surface area (Å²) in [7, 11) is 4.21. The normalized spacial score (nSPS) is 26.2. The summed E-state index contributed by atoms with van der Waals surface area (Å²) in [6.07, 6.45) is 3.17. The summed E-state index contributed by atoms with van der Waals surface area (Å²) in [5, 5.41) is 51.1. The van der Waals surface area contributed by atoms with Crippen molar-refractivity contribution >= 4 is 110 Å². The number of hydrogen-bond donors (Lipinski definition) is 17. The molecule has 36 nitrogen and oxygen atoms in total. The maximum Gasteiger partial charge on any atom is 0.246 e. The van der Waals surface area contributed by atoms with Crippen LogP contribution in [0.2, 0.25) is 0 Å². The zero-order chi connectivity index (χ0) is 90.1. The molecule has 2 aromatic heterocycles. The second-order valence-corrected chi connectivity index (χ2v) is 33.5. The number of phenolic OH excluding ortho intramolecular Hbond substituents is 1. The van der Waals surface area contributed by atoms with Crippen molar-refractivity contribution in [1.82, 2.24) is 82.7 Å². The zero-order valence-corrected chi connectivity index (χ0v) is 72.2. The zero-order valence-electron chi connectivity index (χ0n) is 72.2. The molecule has 1 unspecified atom stereocenters. The summed E-state index contributed by atoms with van der Waals surface area (Å²) in [6, 6.07) is 1.04. The van der Waals surface area contributed by atoms with E-state index in [1.54, 1.807) is 50.5 Å². The number of fused-ring (bicyclic) bond motifs is 5. The van der Waals surface area contributed by atoms with Gasteiger partial charge in [-0.05, 0) is 130 Å². The molecule has 0 spiro atoms. The molecule has 2 bridgehead atoms. The Bertz CT molecular complexity index is 4530. The van der Waals surface area contributed by atoms with Crippen LogP contribution in [0.3, 0.4) is 0 Å². The molecule has 5 heterocycles. The van der Waals surface area contributed by atoms with Gasteiger partial charge in [0.2, 0.25) is 82.7 Å². The van der Waals surface area contributed by atoms with Crippen LogP contribution in [0.1, 0.15) is 168 Å². The number of ketones is 1. The van der Waals surface area contributed by atoms with Gasteiger partial charge in [-0.25, -0.2) is 0 Å². The highest BCUT2D eigenvalue weighted by Crippen LogP contribution is 2.27. The molecule has 0 radical (unpaired) electrons. The largest absolute Gasteiger partial charge is 0.508 e. The van der Waals surface area contributed by atoms with Crippen LogP contribution in [0, 0.1) is 11.8 Å². The molecule has 36 heteroatoms. The van der Waals surface area contributed by atoms with Crippen molar-refractivity contribution in [1.29, 1.82) is 0 Å². The number of unbranched alkanes of at least 4 members (excludes halogenated alkanes) is 2. The van der Waals surface area contributed by atoms with Crippen molar-refractivity contribution in [3.8, 4) is 5.75 Å². The van der Waals surface area contributed by atoms with E-state index >= 15 is 19.2 Å². The number of Topliss-reactive ketones (excluding diaryl/α,β-unsaturated/α-hetero) is 1. The standard InChI is InChI=1S/C87H127N19O17/c1-11-13-26-68-82(118)99-61(39-49(5)6)77(113)91-36-20-19-29-73(110)94-64(40-51-30-32-54(107)33-31-51)84(120)103(8)50(7)76(112)100-66(44-72(90)109)86(122)106-37-21-28-69(106)83(119)102-67(45-89)81(117)97-60(38-48(3)4)75(111)74-71(108)43-63(95-74)80(116)98-62(41-52-46-92-57-24-17-15-22-55(52)57)79(115)96-59(34-35-88)78(114)101-65(42-53-47-93-58-25-18-16-23-56(53)58)85(121)105(10)70(27-14-12-2)87(123)104(68)9/h15-18,22-25,30-33,46-50,59-71,74,92-93,95,107-108H,11-14,19-21,26-29,34-45,88-89H2,1-10H3,(H2,90,109)(H,91,113)(H,94,110)(H,96,115)(H,97,117)(H,98,116)(H,99,118)(H,100,112)(H,101,114)(H,102,119)/t50-,59-,60-,61-,62-,63-,64-,65-,66-,67-,68-,69-,70-,71+,74?/m0/s1. The molecule has 3 fully saturated rings. The van der Waals surface area contributed by atoms with Crippen molar-refractivity contribution in [2.24, 2.45) is 29.0 Å². The van der Waals surface area contributed by atoms with E-state index in [1.165, 1.54) is 50.0 Å². The molecule has 3 saturated heterocycles. The lowest BCUT2D eigenvalue weighted by atomic mass is 9.94. The quantitative estimate of drug-likeness (QED) is 0.0472. The van der Waals surface area contributed by atoms with Crippen molar-refractivity contribution < 1.29 is 82.1 Å². The van der Waals surface area contributed by atoms with E-state index in [9.17, 15) is 63.0 Å². The number of aromatic hydroxyl groups is 1. The van der Waals surface area contributed by atoms with Gasteiger partial charge >= 0.3 is 0 Å². The number of hydrogen-bond acceptors (Lipinski definition) is 20. The molecule has 15 atom stereocenters. The highest BCUT2D eigenvalue weighted by atomic mass is 16.3. The molecular formula is C87H127N19O17. The van der Waals surface area contributed by atoms with Crippen LogP contribution in [0.15, 0.2) is 85.2 Å². The minimum absolute atomic E-state index is 0.0193. The van der Waals surface area contributed by atoms with Gasteiger partial charge in [0.1, 0.15) is 72.2 Å². The minimum Gasteiger partial charge on any atom is -0.508 e. The highest BCUT2D eigenvalue weighted by Gasteiger charge is 2.47. The van der Waals surface area contributed by atoms with Crippen molar-refractivity contribution in [3.63, 3.8) is 0 Å². The Hall–Kier alpha value is -11.4. The fraction of sp³-hybridized carbons (Fsp3) is 0.575. The first-order valence-corrected chi connectivity index (χ1v) is 42.9. The average molecular weight is 1710 g/mol. The lowest BCUT2D eigenvalue weighted by Crippen LogP contribution is -2.61. The van der Waals surface area contributed by atoms with E-state index in [0.717, 1.165) is 20.7 Å². The predicted molar refractivity (Wildman–Crippen MR) is 459 cm³/mol. The Balaban J connectivity index is 1.13. The van der Waals surface area contributed by atoms with Gasteiger partial charge < -0.3 is 105 Å². The van der Waals surface area contributed by atoms with Gasteiger partial charge in [0.15, 0.2) is 5.78 Å². The SMILES string of the molecule is CCCC[C@H]1C(=O)N(C)[C@@H](CCCC)C(=O)N[C@@H](CC(C)C)C(=O)NCCCCC(=O)N[C@@H](Cc2ccc(O)cc2)C(=O)N(C)[C@@H](C)C(=O)N[C@@H](CC(N)=O)C(=O)N2CCC[C@H]2C(=O)N[C@@H](CN)C(=O)N[C@@H](CC(C)C)C(=O)C2N[C@@H](C[C@H]2O)C(=O)N[C@@H](Cc2c[nH]c3ccccc23)C(=O)N[C@@H](CCN)C(=O)N[C@@H](Cc2c[nH]c3ccccc23)C(=O)N1C. The maximum absolute atomic E-state index is 15.7. The Kier molecular flexibility index (Phi) is 36.5. The third-order valence-electron chi connectivity index (χ3n) is 23.2. The highest BCUT2D eigenvalue weighted by molar-refractivity contribution is 6.02. The van der Waals surface area contributed by atoms with Gasteiger partial charge in [-0.1, -0.05) is 116 Å². The van der Waals surface area contributed by atoms with Gasteiger partial charge in [0, 0.05) is 101 Å². The predicted octanol–water partition coefficient (Wildman–Crippen LogP) is 0.369. The maximum atomic E-state index is 15.7. The van der Waals surface area contributed by atoms with Crippen LogP contribution in [-0.4, -0.2) is 266 Å². The number of likely N-dealkylation sites (N-methyl/N-ethyl adjacent to an activating group) is 3. The van der Waals surface area contributed by atoms with E-state index in [1.807, 2.05) is 64.1 Å². The lowest BCUT2D eigenvalue weighted by molar-refractivity contribution is -0.149. The van der Waals surface area contributed by atoms with Gasteiger partial charge in [-0.2, -0.15) is 0 Å². The third kappa shape index (κ3) is 26.6. The number of phenols is 1. The Labute approximate surface area is 717 Å². The number of primary amides is 1. The summed E-state index contributed by atoms with van der Waals surface area (Å²) < 4.78 is 0. The minimum atomic E-state index is -1.69. The number of H-pyrrole nitrogens is 2. The Morgan fingerprint density at radius 3 is 1.64 bits per heavy atom.